The van der Waals surface area contributed by atoms with E-state index >= 15 is 0 Å². The SMILES string of the molecule is Cc1ccc(S(=O)(=O)N(CC(=O)N[C@@H](C)c2ccc3c(c2)CCCC3)c2ccc(C)cc2C)cc1. The van der Waals surface area contributed by atoms with E-state index in [4.69, 9.17) is 0 Å². The molecule has 184 valence electrons. The number of aryl methyl sites for hydroxylation is 5. The summed E-state index contributed by atoms with van der Waals surface area (Å²) in [6, 6.07) is 18.5. The van der Waals surface area contributed by atoms with Crippen molar-refractivity contribution in [3.63, 3.8) is 0 Å². The number of nitrogens with one attached hydrogen (secondary N) is 1. The lowest BCUT2D eigenvalue weighted by Crippen LogP contribution is -2.42. The first-order valence-corrected chi connectivity index (χ1v) is 13.7. The summed E-state index contributed by atoms with van der Waals surface area (Å²) in [5.41, 5.74) is 7.10. The first kappa shape index (κ1) is 25.0. The molecular weight excluding hydrogens is 456 g/mol. The molecule has 0 radical (unpaired) electrons. The van der Waals surface area contributed by atoms with Crippen LogP contribution < -0.4 is 9.62 Å². The minimum atomic E-state index is -3.94. The van der Waals surface area contributed by atoms with Gasteiger partial charge >= 0.3 is 0 Å². The predicted molar refractivity (Wildman–Crippen MR) is 141 cm³/mol. The van der Waals surface area contributed by atoms with Crippen molar-refractivity contribution < 1.29 is 13.2 Å². The number of hydrogen-bond donors (Lipinski definition) is 1. The third-order valence-electron chi connectivity index (χ3n) is 6.77. The molecule has 1 aliphatic rings. The molecule has 0 spiro atoms. The molecule has 0 fully saturated rings. The highest BCUT2D eigenvalue weighted by molar-refractivity contribution is 7.92. The molecule has 0 aromatic heterocycles. The second-order valence-corrected chi connectivity index (χ2v) is 11.5. The van der Waals surface area contributed by atoms with Gasteiger partial charge in [-0.15, -0.1) is 0 Å². The molecule has 1 N–H and O–H groups in total. The van der Waals surface area contributed by atoms with Gasteiger partial charge in [0.1, 0.15) is 6.54 Å². The Labute approximate surface area is 209 Å². The molecule has 5 nitrogen and oxygen atoms in total. The number of sulfonamides is 1. The molecule has 35 heavy (non-hydrogen) atoms. The number of benzene rings is 3. The Morgan fingerprint density at radius 3 is 2.23 bits per heavy atom. The second-order valence-electron chi connectivity index (χ2n) is 9.64. The van der Waals surface area contributed by atoms with E-state index in [-0.39, 0.29) is 23.4 Å². The van der Waals surface area contributed by atoms with Gasteiger partial charge in [-0.2, -0.15) is 0 Å². The molecule has 1 amide bonds. The molecule has 6 heteroatoms. The van der Waals surface area contributed by atoms with Crippen LogP contribution in [0.25, 0.3) is 0 Å². The molecule has 0 heterocycles. The van der Waals surface area contributed by atoms with E-state index in [1.54, 1.807) is 30.3 Å². The topological polar surface area (TPSA) is 66.5 Å². The molecule has 1 atom stereocenters. The van der Waals surface area contributed by atoms with Crippen molar-refractivity contribution in [2.24, 2.45) is 0 Å². The summed E-state index contributed by atoms with van der Waals surface area (Å²) in [6.07, 6.45) is 4.60. The van der Waals surface area contributed by atoms with Crippen LogP contribution in [-0.4, -0.2) is 20.9 Å². The van der Waals surface area contributed by atoms with Crippen LogP contribution in [0.15, 0.2) is 65.6 Å². The Balaban J connectivity index is 1.60. The van der Waals surface area contributed by atoms with Gasteiger partial charge in [-0.05, 0) is 93.8 Å². The summed E-state index contributed by atoms with van der Waals surface area (Å²) in [5, 5.41) is 3.02. The highest BCUT2D eigenvalue weighted by Gasteiger charge is 2.29. The largest absolute Gasteiger partial charge is 0.348 e. The Kier molecular flexibility index (Phi) is 7.31. The fourth-order valence-electron chi connectivity index (χ4n) is 4.75. The van der Waals surface area contributed by atoms with Crippen molar-refractivity contribution in [1.82, 2.24) is 5.32 Å². The number of hydrogen-bond acceptors (Lipinski definition) is 3. The van der Waals surface area contributed by atoms with E-state index in [0.29, 0.717) is 5.69 Å². The van der Waals surface area contributed by atoms with Crippen molar-refractivity contribution in [2.45, 2.75) is 64.3 Å². The van der Waals surface area contributed by atoms with Crippen LogP contribution in [0.3, 0.4) is 0 Å². The predicted octanol–water partition coefficient (Wildman–Crippen LogP) is 5.56. The Morgan fingerprint density at radius 2 is 1.54 bits per heavy atom. The van der Waals surface area contributed by atoms with Crippen molar-refractivity contribution >= 4 is 21.6 Å². The fourth-order valence-corrected chi connectivity index (χ4v) is 6.23. The first-order valence-electron chi connectivity index (χ1n) is 12.2. The average Bonchev–Trinajstić information content (AvgIpc) is 2.83. The molecule has 1 aliphatic carbocycles. The van der Waals surface area contributed by atoms with E-state index in [1.807, 2.05) is 39.8 Å². The van der Waals surface area contributed by atoms with Gasteiger partial charge in [0, 0.05) is 0 Å². The molecule has 4 rings (SSSR count). The van der Waals surface area contributed by atoms with E-state index in [2.05, 4.69) is 23.5 Å². The average molecular weight is 491 g/mol. The standard InChI is InChI=1S/C29H34N2O3S/c1-20-9-14-27(15-10-20)35(33,34)31(28-16-11-21(2)17-22(28)3)19-29(32)30-23(4)25-13-12-24-7-5-6-8-26(24)18-25/h9-18,23H,5-8,19H2,1-4H3,(H,30,32)/t23-/m0/s1. The van der Waals surface area contributed by atoms with Gasteiger partial charge in [-0.3, -0.25) is 9.10 Å². The van der Waals surface area contributed by atoms with Crippen molar-refractivity contribution in [3.8, 4) is 0 Å². The maximum Gasteiger partial charge on any atom is 0.264 e. The first-order chi connectivity index (χ1) is 16.6. The van der Waals surface area contributed by atoms with Crippen LogP contribution in [0.5, 0.6) is 0 Å². The number of fused-ring (bicyclic) bond motifs is 1. The van der Waals surface area contributed by atoms with Crippen LogP contribution in [0, 0.1) is 20.8 Å². The maximum atomic E-state index is 13.7. The van der Waals surface area contributed by atoms with E-state index < -0.39 is 10.0 Å². The molecule has 3 aromatic carbocycles. The van der Waals surface area contributed by atoms with Crippen LogP contribution >= 0.6 is 0 Å². The summed E-state index contributed by atoms with van der Waals surface area (Å²) >= 11 is 0. The second kappa shape index (κ2) is 10.2. The number of rotatable bonds is 7. The summed E-state index contributed by atoms with van der Waals surface area (Å²) < 4.78 is 28.6. The van der Waals surface area contributed by atoms with Crippen molar-refractivity contribution in [1.29, 1.82) is 0 Å². The zero-order valence-electron chi connectivity index (χ0n) is 21.0. The molecule has 3 aromatic rings. The molecule has 0 saturated carbocycles. The van der Waals surface area contributed by atoms with Gasteiger partial charge in [-0.1, -0.05) is 53.6 Å². The van der Waals surface area contributed by atoms with E-state index in [9.17, 15) is 13.2 Å². The molecule has 0 unspecified atom stereocenters. The van der Waals surface area contributed by atoms with E-state index in [0.717, 1.165) is 35.1 Å². The van der Waals surface area contributed by atoms with Crippen LogP contribution in [0.4, 0.5) is 5.69 Å². The zero-order valence-corrected chi connectivity index (χ0v) is 21.8. The highest BCUT2D eigenvalue weighted by atomic mass is 32.2. The summed E-state index contributed by atoms with van der Waals surface area (Å²) in [4.78, 5) is 13.4. The normalized spacial score (nSPS) is 14.2. The van der Waals surface area contributed by atoms with Gasteiger partial charge in [0.2, 0.25) is 5.91 Å². The van der Waals surface area contributed by atoms with Gasteiger partial charge < -0.3 is 5.32 Å². The Bertz CT molecular complexity index is 1330. The molecule has 0 aliphatic heterocycles. The third kappa shape index (κ3) is 5.59. The summed E-state index contributed by atoms with van der Waals surface area (Å²) in [5.74, 6) is -0.342. The number of amides is 1. The number of carbonyl (C=O) groups is 1. The summed E-state index contributed by atoms with van der Waals surface area (Å²) in [6.45, 7) is 7.39. The zero-order chi connectivity index (χ0) is 25.2. The lowest BCUT2D eigenvalue weighted by Gasteiger charge is -2.27. The lowest BCUT2D eigenvalue weighted by molar-refractivity contribution is -0.120. The van der Waals surface area contributed by atoms with Crippen LogP contribution in [-0.2, 0) is 27.7 Å². The minimum Gasteiger partial charge on any atom is -0.348 e. The third-order valence-corrected chi connectivity index (χ3v) is 8.54. The quantitative estimate of drug-likeness (QED) is 0.471. The number of anilines is 1. The Hall–Kier alpha value is -3.12. The molecular formula is C29H34N2O3S. The van der Waals surface area contributed by atoms with Gasteiger partial charge in [-0.25, -0.2) is 8.42 Å². The smallest absolute Gasteiger partial charge is 0.264 e. The maximum absolute atomic E-state index is 13.7. The fraction of sp³-hybridized carbons (Fsp3) is 0.345. The molecule has 0 saturated heterocycles. The summed E-state index contributed by atoms with van der Waals surface area (Å²) in [7, 11) is -3.94. The lowest BCUT2D eigenvalue weighted by atomic mass is 9.89. The van der Waals surface area contributed by atoms with E-state index in [1.165, 1.54) is 28.3 Å². The minimum absolute atomic E-state index is 0.165. The Morgan fingerprint density at radius 1 is 0.886 bits per heavy atom. The van der Waals surface area contributed by atoms with Gasteiger partial charge in [0.15, 0.2) is 0 Å². The number of carbonyl (C=O) groups excluding carboxylic acids is 1. The van der Waals surface area contributed by atoms with Crippen LogP contribution in [0.1, 0.15) is 59.2 Å². The van der Waals surface area contributed by atoms with Crippen LogP contribution in [0.2, 0.25) is 0 Å². The van der Waals surface area contributed by atoms with Crippen molar-refractivity contribution in [3.05, 3.63) is 94.0 Å². The van der Waals surface area contributed by atoms with Gasteiger partial charge in [0.25, 0.3) is 10.0 Å². The number of nitrogens with zero attached hydrogens (tertiary/aromatic N) is 1. The molecule has 0 bridgehead atoms. The van der Waals surface area contributed by atoms with Gasteiger partial charge in [0.05, 0.1) is 16.6 Å². The highest BCUT2D eigenvalue weighted by Crippen LogP contribution is 2.28. The van der Waals surface area contributed by atoms with Crippen molar-refractivity contribution in [2.75, 3.05) is 10.8 Å². The monoisotopic (exact) mass is 490 g/mol.